The fraction of sp³-hybridized carbons (Fsp3) is 0.182. The Hall–Kier alpha value is -3.81. The molecule has 0 bridgehead atoms. The normalized spacial score (nSPS) is 11.1. The molecule has 1 aromatic carbocycles. The SMILES string of the molecule is Cc1cc(-c2nc(/C=C\C=N)[nH]c2-c2ccnc(NC(=O)NC(C)C)c2)ccc1F. The smallest absolute Gasteiger partial charge is 0.320 e. The van der Waals surface area contributed by atoms with E-state index in [-0.39, 0.29) is 17.9 Å². The van der Waals surface area contributed by atoms with Gasteiger partial charge in [0, 0.05) is 29.6 Å². The standard InChI is InChI=1S/C22H23FN6O/c1-13(2)26-22(30)29-19-12-16(8-10-25-19)21-20(27-18(28-21)5-4-9-24)15-6-7-17(23)14(3)11-15/h4-13,24H,1-3H3,(H,27,28)(H2,25,26,29,30)/b5-4-,24-9?. The number of allylic oxidation sites excluding steroid dienone is 1. The third-order valence-corrected chi connectivity index (χ3v) is 4.21. The van der Waals surface area contributed by atoms with Crippen LogP contribution in [0.25, 0.3) is 28.6 Å². The molecule has 0 aliphatic rings. The number of urea groups is 1. The van der Waals surface area contributed by atoms with E-state index in [2.05, 4.69) is 25.6 Å². The quantitative estimate of drug-likeness (QED) is 0.443. The van der Waals surface area contributed by atoms with Crippen LogP contribution in [0.3, 0.4) is 0 Å². The van der Waals surface area contributed by atoms with Crippen molar-refractivity contribution in [3.8, 4) is 22.5 Å². The first-order valence-corrected chi connectivity index (χ1v) is 9.45. The minimum atomic E-state index is -0.344. The van der Waals surface area contributed by atoms with Gasteiger partial charge in [-0.3, -0.25) is 5.32 Å². The zero-order valence-corrected chi connectivity index (χ0v) is 17.0. The lowest BCUT2D eigenvalue weighted by molar-refractivity contribution is 0.250. The van der Waals surface area contributed by atoms with E-state index in [9.17, 15) is 9.18 Å². The summed E-state index contributed by atoms with van der Waals surface area (Å²) >= 11 is 0. The third kappa shape index (κ3) is 4.96. The first kappa shape index (κ1) is 20.9. The van der Waals surface area contributed by atoms with Crippen molar-refractivity contribution in [1.29, 1.82) is 5.41 Å². The maximum absolute atomic E-state index is 13.8. The first-order valence-electron chi connectivity index (χ1n) is 9.45. The van der Waals surface area contributed by atoms with Crippen LogP contribution in [0.15, 0.2) is 42.6 Å². The van der Waals surface area contributed by atoms with Gasteiger partial charge in [0.05, 0.1) is 11.4 Å². The van der Waals surface area contributed by atoms with E-state index in [0.29, 0.717) is 28.6 Å². The Morgan fingerprint density at radius 3 is 2.73 bits per heavy atom. The molecule has 4 N–H and O–H groups in total. The van der Waals surface area contributed by atoms with Crippen LogP contribution in [0, 0.1) is 18.2 Å². The van der Waals surface area contributed by atoms with Crippen molar-refractivity contribution in [2.45, 2.75) is 26.8 Å². The summed E-state index contributed by atoms with van der Waals surface area (Å²) in [5.74, 6) is 0.652. The molecule has 0 unspecified atom stereocenters. The van der Waals surface area contributed by atoms with Gasteiger partial charge < -0.3 is 15.7 Å². The maximum Gasteiger partial charge on any atom is 0.320 e. The summed E-state index contributed by atoms with van der Waals surface area (Å²) in [6.07, 6.45) is 5.98. The van der Waals surface area contributed by atoms with Crippen LogP contribution < -0.4 is 10.6 Å². The molecule has 3 rings (SSSR count). The second kappa shape index (κ2) is 9.13. The summed E-state index contributed by atoms with van der Waals surface area (Å²) in [5, 5.41) is 12.6. The number of aryl methyl sites for hydroxylation is 1. The van der Waals surface area contributed by atoms with E-state index >= 15 is 0 Å². The molecule has 3 aromatic rings. The number of imidazole rings is 1. The molecule has 2 heterocycles. The Kier molecular flexibility index (Phi) is 6.36. The molecule has 0 aliphatic heterocycles. The van der Waals surface area contributed by atoms with Gasteiger partial charge in [0.1, 0.15) is 17.5 Å². The first-order chi connectivity index (χ1) is 14.4. The van der Waals surface area contributed by atoms with Crippen LogP contribution in [-0.2, 0) is 0 Å². The van der Waals surface area contributed by atoms with Crippen molar-refractivity contribution in [1.82, 2.24) is 20.3 Å². The van der Waals surface area contributed by atoms with Crippen LogP contribution in [0.4, 0.5) is 15.0 Å². The second-order valence-corrected chi connectivity index (χ2v) is 7.02. The topological polar surface area (TPSA) is 107 Å². The number of nitrogens with zero attached hydrogens (tertiary/aromatic N) is 2. The number of rotatable bonds is 6. The van der Waals surface area contributed by atoms with Gasteiger partial charge in [0.2, 0.25) is 0 Å². The lowest BCUT2D eigenvalue weighted by Gasteiger charge is -2.10. The Morgan fingerprint density at radius 2 is 2.03 bits per heavy atom. The van der Waals surface area contributed by atoms with Crippen LogP contribution in [0.5, 0.6) is 0 Å². The summed E-state index contributed by atoms with van der Waals surface area (Å²) in [4.78, 5) is 24.0. The van der Waals surface area contributed by atoms with E-state index in [1.807, 2.05) is 13.8 Å². The van der Waals surface area contributed by atoms with Crippen molar-refractivity contribution >= 4 is 24.1 Å². The molecular weight excluding hydrogens is 383 g/mol. The number of carbonyl (C=O) groups excluding carboxylic acids is 1. The number of H-pyrrole nitrogens is 1. The molecule has 0 saturated carbocycles. The highest BCUT2D eigenvalue weighted by Crippen LogP contribution is 2.32. The highest BCUT2D eigenvalue weighted by Gasteiger charge is 2.15. The summed E-state index contributed by atoms with van der Waals surface area (Å²) in [6.45, 7) is 5.44. The maximum atomic E-state index is 13.8. The van der Waals surface area contributed by atoms with Crippen molar-refractivity contribution in [2.75, 3.05) is 5.32 Å². The predicted octanol–water partition coefficient (Wildman–Crippen LogP) is 4.78. The van der Waals surface area contributed by atoms with E-state index in [1.165, 1.54) is 6.07 Å². The zero-order chi connectivity index (χ0) is 21.7. The molecule has 0 spiro atoms. The van der Waals surface area contributed by atoms with E-state index in [0.717, 1.165) is 17.3 Å². The number of aromatic amines is 1. The number of halogens is 1. The number of pyridine rings is 1. The van der Waals surface area contributed by atoms with Gasteiger partial charge in [-0.15, -0.1) is 0 Å². The summed E-state index contributed by atoms with van der Waals surface area (Å²) in [7, 11) is 0. The van der Waals surface area contributed by atoms with Crippen LogP contribution in [0.1, 0.15) is 25.2 Å². The fourth-order valence-corrected chi connectivity index (χ4v) is 2.89. The summed E-state index contributed by atoms with van der Waals surface area (Å²) < 4.78 is 13.8. The van der Waals surface area contributed by atoms with Crippen molar-refractivity contribution in [3.63, 3.8) is 0 Å². The monoisotopic (exact) mass is 406 g/mol. The van der Waals surface area contributed by atoms with Crippen LogP contribution in [0.2, 0.25) is 0 Å². The number of nitrogens with one attached hydrogen (secondary N) is 4. The molecule has 0 radical (unpaired) electrons. The molecule has 2 amide bonds. The lowest BCUT2D eigenvalue weighted by Crippen LogP contribution is -2.34. The average Bonchev–Trinajstić information content (AvgIpc) is 3.12. The largest absolute Gasteiger partial charge is 0.338 e. The highest BCUT2D eigenvalue weighted by atomic mass is 19.1. The van der Waals surface area contributed by atoms with Gasteiger partial charge in [0.25, 0.3) is 0 Å². The van der Waals surface area contributed by atoms with Crippen molar-refractivity contribution < 1.29 is 9.18 Å². The average molecular weight is 406 g/mol. The molecule has 8 heteroatoms. The lowest BCUT2D eigenvalue weighted by atomic mass is 10.0. The van der Waals surface area contributed by atoms with E-state index < -0.39 is 0 Å². The van der Waals surface area contributed by atoms with Crippen molar-refractivity contribution in [3.05, 3.63) is 59.8 Å². The molecule has 154 valence electrons. The molecule has 30 heavy (non-hydrogen) atoms. The Bertz CT molecular complexity index is 1100. The van der Waals surface area contributed by atoms with Gasteiger partial charge in [0.15, 0.2) is 0 Å². The molecule has 0 atom stereocenters. The molecule has 0 aliphatic carbocycles. The Balaban J connectivity index is 2.04. The number of carbonyl (C=O) groups is 1. The minimum absolute atomic E-state index is 0.00251. The van der Waals surface area contributed by atoms with Gasteiger partial charge in [-0.05, 0) is 68.8 Å². The van der Waals surface area contributed by atoms with Gasteiger partial charge >= 0.3 is 6.03 Å². The summed E-state index contributed by atoms with van der Waals surface area (Å²) in [6, 6.07) is 7.99. The number of aromatic nitrogens is 3. The van der Waals surface area contributed by atoms with Gasteiger partial charge in [-0.2, -0.15) is 0 Å². The number of hydrogen-bond donors (Lipinski definition) is 4. The predicted molar refractivity (Wildman–Crippen MR) is 117 cm³/mol. The van der Waals surface area contributed by atoms with Gasteiger partial charge in [-0.25, -0.2) is 19.2 Å². The minimum Gasteiger partial charge on any atom is -0.338 e. The number of benzene rings is 1. The number of anilines is 1. The van der Waals surface area contributed by atoms with E-state index in [4.69, 9.17) is 5.41 Å². The fourth-order valence-electron chi connectivity index (χ4n) is 2.89. The second-order valence-electron chi connectivity index (χ2n) is 7.02. The third-order valence-electron chi connectivity index (χ3n) is 4.21. The molecule has 0 fully saturated rings. The highest BCUT2D eigenvalue weighted by molar-refractivity contribution is 5.89. The Labute approximate surface area is 174 Å². The molecular formula is C22H23FN6O. The zero-order valence-electron chi connectivity index (χ0n) is 17.0. The van der Waals surface area contributed by atoms with Crippen LogP contribution in [-0.4, -0.2) is 33.2 Å². The number of amides is 2. The Morgan fingerprint density at radius 1 is 1.23 bits per heavy atom. The van der Waals surface area contributed by atoms with E-state index in [1.54, 1.807) is 49.5 Å². The van der Waals surface area contributed by atoms with Crippen LogP contribution >= 0.6 is 0 Å². The molecule has 7 nitrogen and oxygen atoms in total. The van der Waals surface area contributed by atoms with Gasteiger partial charge in [-0.1, -0.05) is 0 Å². The number of hydrogen-bond acceptors (Lipinski definition) is 4. The molecule has 2 aromatic heterocycles. The van der Waals surface area contributed by atoms with Crippen molar-refractivity contribution in [2.24, 2.45) is 0 Å². The summed E-state index contributed by atoms with van der Waals surface area (Å²) in [5.41, 5.74) is 3.34. The molecule has 0 saturated heterocycles.